The van der Waals surface area contributed by atoms with Crippen molar-refractivity contribution in [2.45, 2.75) is 19.9 Å². The lowest BCUT2D eigenvalue weighted by Crippen LogP contribution is -2.26. The van der Waals surface area contributed by atoms with E-state index in [4.69, 9.17) is 5.11 Å². The molecule has 2 aromatic rings. The smallest absolute Gasteiger partial charge is 0.283 e. The van der Waals surface area contributed by atoms with Gasteiger partial charge in [0.25, 0.3) is 5.56 Å². The second kappa shape index (κ2) is 6.96. The SMILES string of the molecule is Cc1nc(CCNc2cnn(CCO)c(=O)c2Br)cs1. The molecule has 0 unspecified atom stereocenters. The zero-order valence-corrected chi connectivity index (χ0v) is 13.4. The van der Waals surface area contributed by atoms with E-state index in [1.54, 1.807) is 17.5 Å². The van der Waals surface area contributed by atoms with Crippen LogP contribution in [0.15, 0.2) is 20.8 Å². The number of rotatable bonds is 6. The molecule has 108 valence electrons. The van der Waals surface area contributed by atoms with E-state index in [1.807, 2.05) is 12.3 Å². The van der Waals surface area contributed by atoms with Crippen molar-refractivity contribution >= 4 is 33.0 Å². The topological polar surface area (TPSA) is 80.0 Å². The summed E-state index contributed by atoms with van der Waals surface area (Å²) in [5.74, 6) is 0. The van der Waals surface area contributed by atoms with Crippen molar-refractivity contribution in [1.29, 1.82) is 0 Å². The first kappa shape index (κ1) is 15.1. The molecule has 0 aliphatic rings. The molecule has 0 aliphatic heterocycles. The number of anilines is 1. The van der Waals surface area contributed by atoms with Gasteiger partial charge in [-0.05, 0) is 22.9 Å². The highest BCUT2D eigenvalue weighted by atomic mass is 79.9. The van der Waals surface area contributed by atoms with E-state index in [2.05, 4.69) is 31.3 Å². The molecule has 8 heteroatoms. The number of hydrogen-bond acceptors (Lipinski definition) is 6. The van der Waals surface area contributed by atoms with Crippen molar-refractivity contribution < 1.29 is 5.11 Å². The highest BCUT2D eigenvalue weighted by Gasteiger charge is 2.08. The normalized spacial score (nSPS) is 10.8. The quantitative estimate of drug-likeness (QED) is 0.816. The third kappa shape index (κ3) is 3.65. The molecular formula is C12H15BrN4O2S. The maximum absolute atomic E-state index is 11.9. The third-order valence-electron chi connectivity index (χ3n) is 2.66. The number of nitrogens with one attached hydrogen (secondary N) is 1. The summed E-state index contributed by atoms with van der Waals surface area (Å²) < 4.78 is 1.65. The first-order valence-corrected chi connectivity index (χ1v) is 7.80. The molecule has 0 radical (unpaired) electrons. The van der Waals surface area contributed by atoms with Gasteiger partial charge in [0, 0.05) is 18.3 Å². The fraction of sp³-hybridized carbons (Fsp3) is 0.417. The minimum atomic E-state index is -0.256. The van der Waals surface area contributed by atoms with E-state index < -0.39 is 0 Å². The van der Waals surface area contributed by atoms with Crippen molar-refractivity contribution in [2.75, 3.05) is 18.5 Å². The van der Waals surface area contributed by atoms with Gasteiger partial charge in [-0.15, -0.1) is 11.3 Å². The summed E-state index contributed by atoms with van der Waals surface area (Å²) in [6.07, 6.45) is 2.37. The van der Waals surface area contributed by atoms with E-state index >= 15 is 0 Å². The zero-order chi connectivity index (χ0) is 14.5. The molecule has 0 saturated carbocycles. The summed E-state index contributed by atoms with van der Waals surface area (Å²) in [6, 6.07) is 0. The number of hydrogen-bond donors (Lipinski definition) is 2. The minimum Gasteiger partial charge on any atom is -0.394 e. The van der Waals surface area contributed by atoms with Gasteiger partial charge in [0.15, 0.2) is 0 Å². The van der Waals surface area contributed by atoms with Crippen molar-refractivity contribution in [3.63, 3.8) is 0 Å². The van der Waals surface area contributed by atoms with E-state index in [-0.39, 0.29) is 18.7 Å². The molecule has 0 amide bonds. The fourth-order valence-corrected chi connectivity index (χ4v) is 2.78. The van der Waals surface area contributed by atoms with Crippen molar-refractivity contribution in [3.05, 3.63) is 37.1 Å². The molecule has 6 nitrogen and oxygen atoms in total. The Morgan fingerprint density at radius 1 is 1.55 bits per heavy atom. The lowest BCUT2D eigenvalue weighted by molar-refractivity contribution is 0.266. The molecule has 0 spiro atoms. The van der Waals surface area contributed by atoms with E-state index in [0.29, 0.717) is 16.7 Å². The molecule has 0 aliphatic carbocycles. The Kier molecular flexibility index (Phi) is 5.27. The van der Waals surface area contributed by atoms with Crippen LogP contribution in [0.1, 0.15) is 10.7 Å². The number of aryl methyl sites for hydroxylation is 1. The molecule has 0 bridgehead atoms. The maximum Gasteiger partial charge on any atom is 0.283 e. The van der Waals surface area contributed by atoms with Crippen LogP contribution in [0, 0.1) is 6.92 Å². The standard InChI is InChI=1S/C12H15BrN4O2S/c1-8-16-9(7-20-8)2-3-14-10-6-15-17(4-5-18)12(19)11(10)13/h6-7,14,18H,2-5H2,1H3. The summed E-state index contributed by atoms with van der Waals surface area (Å²) >= 11 is 4.89. The molecule has 0 fully saturated rings. The summed E-state index contributed by atoms with van der Waals surface area (Å²) in [7, 11) is 0. The third-order valence-corrected chi connectivity index (χ3v) is 4.25. The summed E-state index contributed by atoms with van der Waals surface area (Å²) in [4.78, 5) is 16.3. The van der Waals surface area contributed by atoms with Crippen LogP contribution in [0.5, 0.6) is 0 Å². The van der Waals surface area contributed by atoms with Gasteiger partial charge in [-0.3, -0.25) is 4.79 Å². The average molecular weight is 359 g/mol. The Balaban J connectivity index is 1.99. The zero-order valence-electron chi connectivity index (χ0n) is 11.0. The Morgan fingerprint density at radius 3 is 3.00 bits per heavy atom. The summed E-state index contributed by atoms with van der Waals surface area (Å²) in [5, 5.41) is 19.1. The van der Waals surface area contributed by atoms with E-state index in [1.165, 1.54) is 4.68 Å². The van der Waals surface area contributed by atoms with E-state index in [0.717, 1.165) is 17.1 Å². The van der Waals surface area contributed by atoms with Crippen LogP contribution < -0.4 is 10.9 Å². The van der Waals surface area contributed by atoms with Crippen LogP contribution in [-0.4, -0.2) is 33.0 Å². The largest absolute Gasteiger partial charge is 0.394 e. The van der Waals surface area contributed by atoms with Gasteiger partial charge in [0.05, 0.1) is 35.7 Å². The van der Waals surface area contributed by atoms with Gasteiger partial charge in [-0.1, -0.05) is 0 Å². The second-order valence-corrected chi connectivity index (χ2v) is 6.01. The van der Waals surface area contributed by atoms with Crippen LogP contribution >= 0.6 is 27.3 Å². The van der Waals surface area contributed by atoms with Crippen LogP contribution in [0.3, 0.4) is 0 Å². The van der Waals surface area contributed by atoms with Gasteiger partial charge in [-0.2, -0.15) is 5.10 Å². The van der Waals surface area contributed by atoms with Gasteiger partial charge in [0.2, 0.25) is 0 Å². The number of aliphatic hydroxyl groups is 1. The fourth-order valence-electron chi connectivity index (χ4n) is 1.69. The molecular weight excluding hydrogens is 344 g/mol. The molecule has 2 rings (SSSR count). The Hall–Kier alpha value is -1.25. The van der Waals surface area contributed by atoms with Crippen LogP contribution in [-0.2, 0) is 13.0 Å². The molecule has 20 heavy (non-hydrogen) atoms. The van der Waals surface area contributed by atoms with E-state index in [9.17, 15) is 4.79 Å². The Morgan fingerprint density at radius 2 is 2.35 bits per heavy atom. The highest BCUT2D eigenvalue weighted by molar-refractivity contribution is 9.10. The minimum absolute atomic E-state index is 0.116. The van der Waals surface area contributed by atoms with Crippen LogP contribution in [0.25, 0.3) is 0 Å². The first-order chi connectivity index (χ1) is 9.61. The number of thiazole rings is 1. The summed E-state index contributed by atoms with van der Waals surface area (Å²) in [5.41, 5.74) is 1.43. The van der Waals surface area contributed by atoms with Crippen LogP contribution in [0.2, 0.25) is 0 Å². The van der Waals surface area contributed by atoms with Crippen molar-refractivity contribution in [3.8, 4) is 0 Å². The lowest BCUT2D eigenvalue weighted by Gasteiger charge is -2.09. The first-order valence-electron chi connectivity index (χ1n) is 6.13. The Bertz CT molecular complexity index is 641. The number of halogens is 1. The van der Waals surface area contributed by atoms with Gasteiger partial charge < -0.3 is 10.4 Å². The molecule has 2 N–H and O–H groups in total. The molecule has 2 aromatic heterocycles. The summed E-state index contributed by atoms with van der Waals surface area (Å²) in [6.45, 7) is 2.72. The lowest BCUT2D eigenvalue weighted by atomic mass is 10.3. The number of aromatic nitrogens is 3. The molecule has 0 aromatic carbocycles. The predicted octanol–water partition coefficient (Wildman–Crippen LogP) is 1.42. The van der Waals surface area contributed by atoms with Gasteiger partial charge in [0.1, 0.15) is 4.47 Å². The predicted molar refractivity (Wildman–Crippen MR) is 82.3 cm³/mol. The number of aliphatic hydroxyl groups excluding tert-OH is 1. The molecule has 0 atom stereocenters. The van der Waals surface area contributed by atoms with Crippen molar-refractivity contribution in [1.82, 2.24) is 14.8 Å². The second-order valence-electron chi connectivity index (χ2n) is 4.16. The maximum atomic E-state index is 11.9. The van der Waals surface area contributed by atoms with Crippen LogP contribution in [0.4, 0.5) is 5.69 Å². The monoisotopic (exact) mass is 358 g/mol. The molecule has 0 saturated heterocycles. The average Bonchev–Trinajstić information content (AvgIpc) is 2.84. The Labute approximate surface area is 128 Å². The van der Waals surface area contributed by atoms with Crippen molar-refractivity contribution in [2.24, 2.45) is 0 Å². The highest BCUT2D eigenvalue weighted by Crippen LogP contribution is 2.16. The molecule has 2 heterocycles. The number of nitrogens with zero attached hydrogens (tertiary/aromatic N) is 3. The van der Waals surface area contributed by atoms with Gasteiger partial charge in [-0.25, -0.2) is 9.67 Å². The van der Waals surface area contributed by atoms with Gasteiger partial charge >= 0.3 is 0 Å².